The Bertz CT molecular complexity index is 300. The second-order valence-electron chi connectivity index (χ2n) is 6.25. The summed E-state index contributed by atoms with van der Waals surface area (Å²) in [6, 6.07) is 11.0. The van der Waals surface area contributed by atoms with Crippen molar-refractivity contribution in [2.24, 2.45) is 23.7 Å². The van der Waals surface area contributed by atoms with Gasteiger partial charge in [0.25, 0.3) is 0 Å². The molecule has 0 bridgehead atoms. The Morgan fingerprint density at radius 2 is 1.12 bits per heavy atom. The van der Waals surface area contributed by atoms with E-state index in [0.29, 0.717) is 11.8 Å². The lowest BCUT2D eigenvalue weighted by Gasteiger charge is -2.36. The van der Waals surface area contributed by atoms with Crippen LogP contribution in [-0.2, 0) is 0 Å². The second-order valence-corrected chi connectivity index (χ2v) is 6.25. The molecular weight excluding hydrogens is 204 g/mol. The highest BCUT2D eigenvalue weighted by molar-refractivity contribution is 5.21. The predicted molar refractivity (Wildman–Crippen MR) is 77.2 cm³/mol. The molecule has 0 saturated carbocycles. The Morgan fingerprint density at radius 1 is 0.647 bits per heavy atom. The maximum absolute atomic E-state index is 2.36. The fourth-order valence-electron chi connectivity index (χ4n) is 3.33. The standard InChI is InChI=1S/C17H28/c1-12(2)16(13(3)4)17(14(5)6)15-10-8-7-9-11-15/h7-14,16-17H,1-6H3. The predicted octanol–water partition coefficient (Wildman–Crippen LogP) is 5.35. The average Bonchev–Trinajstić information content (AvgIpc) is 2.25. The zero-order chi connectivity index (χ0) is 13.0. The van der Waals surface area contributed by atoms with Gasteiger partial charge in [0, 0.05) is 0 Å². The van der Waals surface area contributed by atoms with Crippen molar-refractivity contribution in [1.29, 1.82) is 0 Å². The Kier molecular flexibility index (Phi) is 5.24. The molecular formula is C17H28. The molecule has 1 aromatic rings. The van der Waals surface area contributed by atoms with Gasteiger partial charge in [0.15, 0.2) is 0 Å². The Hall–Kier alpha value is -0.780. The molecule has 1 atom stereocenters. The van der Waals surface area contributed by atoms with Crippen LogP contribution in [0.5, 0.6) is 0 Å². The monoisotopic (exact) mass is 232 g/mol. The van der Waals surface area contributed by atoms with Crippen LogP contribution >= 0.6 is 0 Å². The summed E-state index contributed by atoms with van der Waals surface area (Å²) in [5, 5.41) is 0. The minimum absolute atomic E-state index is 0.677. The van der Waals surface area contributed by atoms with E-state index in [1.807, 2.05) is 0 Å². The van der Waals surface area contributed by atoms with Gasteiger partial charge in [-0.3, -0.25) is 0 Å². The minimum atomic E-state index is 0.677. The third kappa shape index (κ3) is 3.59. The molecule has 1 aromatic carbocycles. The molecule has 0 radical (unpaired) electrons. The van der Waals surface area contributed by atoms with E-state index in [1.54, 1.807) is 0 Å². The summed E-state index contributed by atoms with van der Waals surface area (Å²) < 4.78 is 0. The highest BCUT2D eigenvalue weighted by Gasteiger charge is 2.30. The lowest BCUT2D eigenvalue weighted by Crippen LogP contribution is -2.27. The van der Waals surface area contributed by atoms with Gasteiger partial charge in [0.1, 0.15) is 0 Å². The van der Waals surface area contributed by atoms with Crippen molar-refractivity contribution in [2.45, 2.75) is 47.5 Å². The van der Waals surface area contributed by atoms with E-state index >= 15 is 0 Å². The summed E-state index contributed by atoms with van der Waals surface area (Å²) in [5.74, 6) is 3.62. The quantitative estimate of drug-likeness (QED) is 0.641. The fraction of sp³-hybridized carbons (Fsp3) is 0.647. The summed E-state index contributed by atoms with van der Waals surface area (Å²) in [4.78, 5) is 0. The van der Waals surface area contributed by atoms with Gasteiger partial charge >= 0.3 is 0 Å². The van der Waals surface area contributed by atoms with Crippen LogP contribution in [0.25, 0.3) is 0 Å². The molecule has 0 aromatic heterocycles. The van der Waals surface area contributed by atoms with Crippen molar-refractivity contribution in [3.63, 3.8) is 0 Å². The molecule has 0 aliphatic rings. The van der Waals surface area contributed by atoms with Gasteiger partial charge in [-0.05, 0) is 35.2 Å². The second kappa shape index (κ2) is 6.23. The summed E-state index contributed by atoms with van der Waals surface area (Å²) in [6.45, 7) is 14.2. The SMILES string of the molecule is CC(C)C(c1ccccc1)C(C(C)C)C(C)C. The van der Waals surface area contributed by atoms with Gasteiger partial charge in [-0.1, -0.05) is 71.9 Å². The largest absolute Gasteiger partial charge is 0.0625 e. The Morgan fingerprint density at radius 3 is 1.47 bits per heavy atom. The first-order chi connectivity index (χ1) is 7.95. The summed E-state index contributed by atoms with van der Waals surface area (Å²) in [5.41, 5.74) is 1.51. The fourth-order valence-corrected chi connectivity index (χ4v) is 3.33. The van der Waals surface area contributed by atoms with Crippen molar-refractivity contribution in [1.82, 2.24) is 0 Å². The maximum atomic E-state index is 2.36. The highest BCUT2D eigenvalue weighted by Crippen LogP contribution is 2.40. The molecule has 0 aliphatic heterocycles. The van der Waals surface area contributed by atoms with E-state index in [9.17, 15) is 0 Å². The smallest absolute Gasteiger partial charge is 0.0106 e. The van der Waals surface area contributed by atoms with Crippen LogP contribution in [0.15, 0.2) is 30.3 Å². The number of benzene rings is 1. The van der Waals surface area contributed by atoms with E-state index in [2.05, 4.69) is 71.9 Å². The molecule has 0 spiro atoms. The lowest BCUT2D eigenvalue weighted by molar-refractivity contribution is 0.201. The summed E-state index contributed by atoms with van der Waals surface area (Å²) in [6.07, 6.45) is 0. The van der Waals surface area contributed by atoms with E-state index in [1.165, 1.54) is 5.56 Å². The molecule has 0 saturated heterocycles. The molecule has 0 heteroatoms. The first-order valence-corrected chi connectivity index (χ1v) is 7.00. The van der Waals surface area contributed by atoms with Crippen LogP contribution in [0.2, 0.25) is 0 Å². The van der Waals surface area contributed by atoms with Crippen molar-refractivity contribution < 1.29 is 0 Å². The Labute approximate surface area is 107 Å². The molecule has 0 N–H and O–H groups in total. The van der Waals surface area contributed by atoms with E-state index in [-0.39, 0.29) is 0 Å². The Balaban J connectivity index is 3.08. The van der Waals surface area contributed by atoms with Crippen molar-refractivity contribution in [2.75, 3.05) is 0 Å². The first kappa shape index (κ1) is 14.3. The average molecular weight is 232 g/mol. The number of hydrogen-bond donors (Lipinski definition) is 0. The molecule has 0 fully saturated rings. The molecule has 0 aliphatic carbocycles. The third-order valence-electron chi connectivity index (χ3n) is 3.86. The number of hydrogen-bond acceptors (Lipinski definition) is 0. The van der Waals surface area contributed by atoms with Crippen LogP contribution in [0.3, 0.4) is 0 Å². The normalized spacial score (nSPS) is 14.0. The van der Waals surface area contributed by atoms with Gasteiger partial charge in [0.05, 0.1) is 0 Å². The van der Waals surface area contributed by atoms with E-state index in [0.717, 1.165) is 17.8 Å². The molecule has 0 heterocycles. The zero-order valence-electron chi connectivity index (χ0n) is 12.3. The summed E-state index contributed by atoms with van der Waals surface area (Å²) >= 11 is 0. The molecule has 1 unspecified atom stereocenters. The van der Waals surface area contributed by atoms with Crippen LogP contribution in [0, 0.1) is 23.7 Å². The van der Waals surface area contributed by atoms with Crippen molar-refractivity contribution in [3.05, 3.63) is 35.9 Å². The molecule has 1 rings (SSSR count). The van der Waals surface area contributed by atoms with Crippen molar-refractivity contribution in [3.8, 4) is 0 Å². The van der Waals surface area contributed by atoms with Crippen LogP contribution in [0.4, 0.5) is 0 Å². The molecule has 17 heavy (non-hydrogen) atoms. The molecule has 96 valence electrons. The molecule has 0 nitrogen and oxygen atoms in total. The van der Waals surface area contributed by atoms with Crippen LogP contribution in [-0.4, -0.2) is 0 Å². The maximum Gasteiger partial charge on any atom is -0.0106 e. The third-order valence-corrected chi connectivity index (χ3v) is 3.86. The highest BCUT2D eigenvalue weighted by atomic mass is 14.3. The number of rotatable bonds is 5. The topological polar surface area (TPSA) is 0 Å². The van der Waals surface area contributed by atoms with Gasteiger partial charge in [-0.25, -0.2) is 0 Å². The van der Waals surface area contributed by atoms with Crippen molar-refractivity contribution >= 4 is 0 Å². The van der Waals surface area contributed by atoms with Gasteiger partial charge in [0.2, 0.25) is 0 Å². The first-order valence-electron chi connectivity index (χ1n) is 7.00. The van der Waals surface area contributed by atoms with Gasteiger partial charge in [-0.15, -0.1) is 0 Å². The van der Waals surface area contributed by atoms with Gasteiger partial charge < -0.3 is 0 Å². The van der Waals surface area contributed by atoms with Crippen LogP contribution < -0.4 is 0 Å². The zero-order valence-corrected chi connectivity index (χ0v) is 12.3. The molecule has 0 amide bonds. The minimum Gasteiger partial charge on any atom is -0.0625 e. The van der Waals surface area contributed by atoms with E-state index in [4.69, 9.17) is 0 Å². The van der Waals surface area contributed by atoms with Crippen LogP contribution in [0.1, 0.15) is 53.0 Å². The summed E-state index contributed by atoms with van der Waals surface area (Å²) in [7, 11) is 0. The van der Waals surface area contributed by atoms with E-state index < -0.39 is 0 Å². The lowest BCUT2D eigenvalue weighted by atomic mass is 9.69. The van der Waals surface area contributed by atoms with Gasteiger partial charge in [-0.2, -0.15) is 0 Å².